The van der Waals surface area contributed by atoms with Crippen LogP contribution in [0.5, 0.6) is 0 Å². The molecule has 98 valence electrons. The topological polar surface area (TPSA) is 115 Å². The molecule has 1 heterocycles. The van der Waals surface area contributed by atoms with E-state index < -0.39 is 10.5 Å². The summed E-state index contributed by atoms with van der Waals surface area (Å²) in [4.78, 5) is 22.3. The number of benzene rings is 1. The molecule has 0 bridgehead atoms. The quantitative estimate of drug-likeness (QED) is 0.509. The summed E-state index contributed by atoms with van der Waals surface area (Å²) < 4.78 is 0. The van der Waals surface area contributed by atoms with Crippen molar-refractivity contribution in [3.63, 3.8) is 0 Å². The van der Waals surface area contributed by atoms with Gasteiger partial charge in [-0.2, -0.15) is 5.10 Å². The Labute approximate surface area is 115 Å². The second-order valence-electron chi connectivity index (χ2n) is 3.46. The normalized spacial score (nSPS) is 10.4. The van der Waals surface area contributed by atoms with Gasteiger partial charge in [-0.15, -0.1) is 0 Å². The number of hydrogen-bond acceptors (Lipinski definition) is 6. The van der Waals surface area contributed by atoms with Crippen molar-refractivity contribution < 1.29 is 4.92 Å². The van der Waals surface area contributed by atoms with Crippen molar-refractivity contribution in [2.45, 2.75) is 9.79 Å². The van der Waals surface area contributed by atoms with Crippen molar-refractivity contribution in [2.24, 2.45) is 0 Å². The number of nitro benzene ring substituents is 1. The Morgan fingerprint density at radius 1 is 1.42 bits per heavy atom. The molecule has 0 fully saturated rings. The highest BCUT2D eigenvalue weighted by atomic mass is 35.5. The van der Waals surface area contributed by atoms with Crippen molar-refractivity contribution in [1.29, 1.82) is 0 Å². The number of aromatic amines is 1. The lowest BCUT2D eigenvalue weighted by atomic mass is 10.3. The van der Waals surface area contributed by atoms with Crippen LogP contribution in [0, 0.1) is 10.1 Å². The van der Waals surface area contributed by atoms with Gasteiger partial charge in [0.15, 0.2) is 0 Å². The van der Waals surface area contributed by atoms with Crippen LogP contribution in [0.15, 0.2) is 39.0 Å². The largest absolute Gasteiger partial charge is 0.398 e. The summed E-state index contributed by atoms with van der Waals surface area (Å²) in [7, 11) is 0. The maximum Gasteiger partial charge on any atom is 0.284 e. The number of hydrogen-bond donors (Lipinski definition) is 2. The summed E-state index contributed by atoms with van der Waals surface area (Å²) in [6, 6.07) is 4.05. The molecule has 2 aromatic rings. The molecule has 0 saturated carbocycles. The molecule has 3 N–H and O–H groups in total. The minimum absolute atomic E-state index is 0.0362. The van der Waals surface area contributed by atoms with E-state index in [1.54, 1.807) is 0 Å². The zero-order valence-electron chi connectivity index (χ0n) is 9.29. The number of halogens is 1. The first-order valence-electron chi connectivity index (χ1n) is 4.94. The van der Waals surface area contributed by atoms with Gasteiger partial charge in [0.1, 0.15) is 5.02 Å². The number of non-ortho nitro benzene ring substituents is 1. The molecule has 0 amide bonds. The molecule has 7 nitrogen and oxygen atoms in total. The van der Waals surface area contributed by atoms with E-state index in [0.717, 1.165) is 11.8 Å². The molecule has 1 aromatic carbocycles. The highest BCUT2D eigenvalue weighted by molar-refractivity contribution is 7.99. The van der Waals surface area contributed by atoms with E-state index in [1.165, 1.54) is 24.4 Å². The van der Waals surface area contributed by atoms with Crippen LogP contribution >= 0.6 is 23.4 Å². The summed E-state index contributed by atoms with van der Waals surface area (Å²) in [5.74, 6) is 0. The average Bonchev–Trinajstić information content (AvgIpc) is 2.37. The van der Waals surface area contributed by atoms with E-state index >= 15 is 0 Å². The van der Waals surface area contributed by atoms with E-state index in [1.807, 2.05) is 0 Å². The summed E-state index contributed by atoms with van der Waals surface area (Å²) in [6.45, 7) is 0. The van der Waals surface area contributed by atoms with Crippen LogP contribution in [0.1, 0.15) is 0 Å². The van der Waals surface area contributed by atoms with E-state index in [4.69, 9.17) is 17.3 Å². The first kappa shape index (κ1) is 13.4. The van der Waals surface area contributed by atoms with Gasteiger partial charge in [-0.25, -0.2) is 5.10 Å². The monoisotopic (exact) mass is 298 g/mol. The predicted molar refractivity (Wildman–Crippen MR) is 71.5 cm³/mol. The fourth-order valence-electron chi connectivity index (χ4n) is 1.28. The number of nitro groups is 1. The zero-order chi connectivity index (χ0) is 14.0. The molecule has 0 saturated heterocycles. The molecule has 0 aliphatic heterocycles. The molecule has 19 heavy (non-hydrogen) atoms. The number of H-pyrrole nitrogens is 1. The third-order valence-corrected chi connectivity index (χ3v) is 3.78. The molecule has 0 atom stereocenters. The lowest BCUT2D eigenvalue weighted by Gasteiger charge is -2.05. The van der Waals surface area contributed by atoms with Gasteiger partial charge in [0.2, 0.25) is 0 Å². The van der Waals surface area contributed by atoms with Gasteiger partial charge in [0.25, 0.3) is 11.2 Å². The summed E-state index contributed by atoms with van der Waals surface area (Å²) in [6.07, 6.45) is 1.35. The Morgan fingerprint density at radius 2 is 2.16 bits per heavy atom. The Kier molecular flexibility index (Phi) is 3.72. The predicted octanol–water partition coefficient (Wildman–Crippen LogP) is 2.06. The van der Waals surface area contributed by atoms with Crippen LogP contribution < -0.4 is 11.3 Å². The number of nitrogens with two attached hydrogens (primary N) is 1. The molecule has 0 radical (unpaired) electrons. The molecular weight excluding hydrogens is 292 g/mol. The fourth-order valence-corrected chi connectivity index (χ4v) is 2.38. The van der Waals surface area contributed by atoms with Crippen molar-refractivity contribution in [3.8, 4) is 0 Å². The molecular formula is C10H7ClN4O3S. The fraction of sp³-hybridized carbons (Fsp3) is 0. The second-order valence-corrected chi connectivity index (χ2v) is 4.92. The molecule has 0 aliphatic rings. The summed E-state index contributed by atoms with van der Waals surface area (Å²) in [5.41, 5.74) is 5.46. The minimum atomic E-state index is -0.532. The van der Waals surface area contributed by atoms with Gasteiger partial charge < -0.3 is 5.73 Å². The number of anilines is 1. The van der Waals surface area contributed by atoms with Crippen molar-refractivity contribution >= 4 is 34.7 Å². The Hall–Kier alpha value is -2.06. The number of nitrogens with one attached hydrogen (secondary N) is 1. The lowest BCUT2D eigenvalue weighted by Crippen LogP contribution is -2.08. The standard InChI is InChI=1S/C10H7ClN4O3S/c11-9-8(4-13-14-10(9)16)19-7-3-5(15(17)18)1-2-6(7)12/h1-4H,12H2,(H,14,16). The number of nitrogens with zero attached hydrogens (tertiary/aromatic N) is 2. The Balaban J connectivity index is 2.43. The van der Waals surface area contributed by atoms with Gasteiger partial charge in [-0.3, -0.25) is 14.9 Å². The summed E-state index contributed by atoms with van der Waals surface area (Å²) in [5, 5.41) is 16.5. The van der Waals surface area contributed by atoms with Crippen LogP contribution in [-0.2, 0) is 0 Å². The van der Waals surface area contributed by atoms with Crippen LogP contribution in [-0.4, -0.2) is 15.1 Å². The van der Waals surface area contributed by atoms with E-state index in [2.05, 4.69) is 10.2 Å². The second kappa shape index (κ2) is 5.29. The third kappa shape index (κ3) is 2.85. The Bertz CT molecular complexity index is 703. The average molecular weight is 299 g/mol. The molecule has 1 aromatic heterocycles. The molecule has 0 unspecified atom stereocenters. The first-order chi connectivity index (χ1) is 8.99. The molecule has 2 rings (SSSR count). The maximum atomic E-state index is 11.3. The van der Waals surface area contributed by atoms with E-state index in [-0.39, 0.29) is 10.7 Å². The van der Waals surface area contributed by atoms with Crippen molar-refractivity contribution in [3.05, 3.63) is 49.9 Å². The van der Waals surface area contributed by atoms with Crippen LogP contribution in [0.25, 0.3) is 0 Å². The third-order valence-electron chi connectivity index (χ3n) is 2.19. The smallest absolute Gasteiger partial charge is 0.284 e. The lowest BCUT2D eigenvalue weighted by molar-refractivity contribution is -0.385. The van der Waals surface area contributed by atoms with Gasteiger partial charge in [0.05, 0.1) is 16.0 Å². The van der Waals surface area contributed by atoms with Crippen molar-refractivity contribution in [2.75, 3.05) is 5.73 Å². The SMILES string of the molecule is Nc1ccc([N+](=O)[O-])cc1Sc1cn[nH]c(=O)c1Cl. The van der Waals surface area contributed by atoms with Crippen LogP contribution in [0.2, 0.25) is 5.02 Å². The van der Waals surface area contributed by atoms with E-state index in [0.29, 0.717) is 15.5 Å². The van der Waals surface area contributed by atoms with E-state index in [9.17, 15) is 14.9 Å². The van der Waals surface area contributed by atoms with Gasteiger partial charge in [0, 0.05) is 22.7 Å². The van der Waals surface area contributed by atoms with Gasteiger partial charge in [-0.05, 0) is 6.07 Å². The zero-order valence-corrected chi connectivity index (χ0v) is 10.9. The van der Waals surface area contributed by atoms with Gasteiger partial charge >= 0.3 is 0 Å². The van der Waals surface area contributed by atoms with Crippen molar-refractivity contribution in [1.82, 2.24) is 10.2 Å². The number of rotatable bonds is 3. The molecule has 0 aliphatic carbocycles. The maximum absolute atomic E-state index is 11.3. The van der Waals surface area contributed by atoms with Gasteiger partial charge in [-0.1, -0.05) is 23.4 Å². The summed E-state index contributed by atoms with van der Waals surface area (Å²) >= 11 is 6.86. The first-order valence-corrected chi connectivity index (χ1v) is 6.13. The van der Waals surface area contributed by atoms with Crippen LogP contribution in [0.3, 0.4) is 0 Å². The Morgan fingerprint density at radius 3 is 2.84 bits per heavy atom. The highest BCUT2D eigenvalue weighted by Crippen LogP contribution is 2.36. The number of aromatic nitrogens is 2. The minimum Gasteiger partial charge on any atom is -0.398 e. The number of nitrogen functional groups attached to an aromatic ring is 1. The molecule has 0 spiro atoms. The van der Waals surface area contributed by atoms with Crippen LogP contribution in [0.4, 0.5) is 11.4 Å². The highest BCUT2D eigenvalue weighted by Gasteiger charge is 2.13. The molecule has 9 heteroatoms.